The summed E-state index contributed by atoms with van der Waals surface area (Å²) in [5.74, 6) is 0.675. The molecule has 1 aromatic heterocycles. The van der Waals surface area contributed by atoms with Crippen LogP contribution in [0.4, 0.5) is 4.39 Å². The highest BCUT2D eigenvalue weighted by Crippen LogP contribution is 2.43. The van der Waals surface area contributed by atoms with E-state index in [4.69, 9.17) is 32.5 Å². The minimum atomic E-state index is -1.74. The van der Waals surface area contributed by atoms with Crippen LogP contribution in [-0.4, -0.2) is 17.0 Å². The molecule has 0 N–H and O–H groups in total. The fraction of sp³-hybridized carbons (Fsp3) is 0.524. The number of ether oxygens (including phenoxy) is 1. The number of hydrogen-bond donors (Lipinski definition) is 0. The lowest BCUT2D eigenvalue weighted by Gasteiger charge is -2.27. The first-order valence-electron chi connectivity index (χ1n) is 9.53. The fourth-order valence-electron chi connectivity index (χ4n) is 4.39. The van der Waals surface area contributed by atoms with Crippen molar-refractivity contribution in [2.45, 2.75) is 57.9 Å². The van der Waals surface area contributed by atoms with Crippen LogP contribution in [-0.2, 0) is 21.8 Å². The van der Waals surface area contributed by atoms with E-state index in [0.29, 0.717) is 32.6 Å². The van der Waals surface area contributed by atoms with Gasteiger partial charge in [-0.2, -0.15) is 0 Å². The number of aromatic nitrogens is 1. The maximum Gasteiger partial charge on any atom is 0.179 e. The second-order valence-electron chi connectivity index (χ2n) is 8.19. The second-order valence-corrected chi connectivity index (χ2v) is 9.00. The Morgan fingerprint density at radius 1 is 1.21 bits per heavy atom. The Kier molecular flexibility index (Phi) is 5.27. The van der Waals surface area contributed by atoms with E-state index in [1.165, 1.54) is 13.8 Å². The van der Waals surface area contributed by atoms with Crippen molar-refractivity contribution in [3.05, 3.63) is 39.6 Å². The maximum atomic E-state index is 14.8. The number of nitrogens with zero attached hydrogens (tertiary/aromatic N) is 1. The molecule has 4 nitrogen and oxygen atoms in total. The zero-order valence-electron chi connectivity index (χ0n) is 15.8. The highest BCUT2D eigenvalue weighted by Gasteiger charge is 2.42. The van der Waals surface area contributed by atoms with Crippen LogP contribution in [0.15, 0.2) is 22.7 Å². The summed E-state index contributed by atoms with van der Waals surface area (Å²) in [6, 6.07) is 5.14. The first kappa shape index (κ1) is 19.9. The van der Waals surface area contributed by atoms with E-state index in [-0.39, 0.29) is 30.3 Å². The average molecular weight is 426 g/mol. The Hall–Kier alpha value is -1.43. The summed E-state index contributed by atoms with van der Waals surface area (Å²) in [5.41, 5.74) is -0.334. The number of halogens is 3. The molecule has 1 heterocycles. The Morgan fingerprint density at radius 3 is 2.39 bits per heavy atom. The van der Waals surface area contributed by atoms with Gasteiger partial charge in [0.15, 0.2) is 11.4 Å². The molecule has 0 amide bonds. The molecule has 2 aliphatic carbocycles. The molecule has 1 aromatic carbocycles. The van der Waals surface area contributed by atoms with Gasteiger partial charge in [0.1, 0.15) is 11.5 Å². The SMILES string of the molecule is CC(C)(F)c1onc(-c2c(Cl)cccc2Cl)c1CO[C@@H]1C[C@H]2CC[C@@H](C1)C2=O. The predicted octanol–water partition coefficient (Wildman–Crippen LogP) is 6.13. The molecule has 4 rings (SSSR count). The van der Waals surface area contributed by atoms with E-state index in [1.54, 1.807) is 18.2 Å². The van der Waals surface area contributed by atoms with E-state index in [1.807, 2.05) is 0 Å². The molecule has 2 bridgehead atoms. The number of carbonyl (C=O) groups excluding carboxylic acids is 1. The van der Waals surface area contributed by atoms with Gasteiger partial charge < -0.3 is 9.26 Å². The summed E-state index contributed by atoms with van der Waals surface area (Å²) >= 11 is 12.7. The van der Waals surface area contributed by atoms with Crippen LogP contribution in [0.5, 0.6) is 0 Å². The van der Waals surface area contributed by atoms with E-state index < -0.39 is 5.67 Å². The Labute approximate surface area is 173 Å². The zero-order chi connectivity index (χ0) is 20.1. The van der Waals surface area contributed by atoms with Gasteiger partial charge in [0.25, 0.3) is 0 Å². The van der Waals surface area contributed by atoms with Gasteiger partial charge in [-0.1, -0.05) is 34.4 Å². The van der Waals surface area contributed by atoms with E-state index in [2.05, 4.69) is 5.16 Å². The molecule has 2 aliphatic rings. The Balaban J connectivity index is 1.64. The monoisotopic (exact) mass is 425 g/mol. The third-order valence-electron chi connectivity index (χ3n) is 5.75. The number of Topliss-reactive ketones (excluding diaryl/α,β-unsaturated/α-hetero) is 1. The molecule has 0 aliphatic heterocycles. The van der Waals surface area contributed by atoms with Gasteiger partial charge in [-0.3, -0.25) is 4.79 Å². The number of fused-ring (bicyclic) bond motifs is 2. The molecular formula is C21H22Cl2FNO3. The molecule has 3 atom stereocenters. The van der Waals surface area contributed by atoms with Gasteiger partial charge in [0.05, 0.1) is 28.3 Å². The van der Waals surface area contributed by atoms with Crippen molar-refractivity contribution in [1.29, 1.82) is 0 Å². The lowest BCUT2D eigenvalue weighted by molar-refractivity contribution is -0.130. The molecule has 2 fully saturated rings. The van der Waals surface area contributed by atoms with Crippen molar-refractivity contribution in [2.75, 3.05) is 0 Å². The minimum Gasteiger partial charge on any atom is -0.373 e. The molecule has 150 valence electrons. The number of carbonyl (C=O) groups is 1. The normalized spacial score (nSPS) is 24.8. The van der Waals surface area contributed by atoms with E-state index in [9.17, 15) is 9.18 Å². The molecule has 0 spiro atoms. The van der Waals surface area contributed by atoms with Crippen LogP contribution in [0.3, 0.4) is 0 Å². The number of rotatable bonds is 5. The van der Waals surface area contributed by atoms with Gasteiger partial charge in [-0.25, -0.2) is 4.39 Å². The van der Waals surface area contributed by atoms with Crippen LogP contribution >= 0.6 is 23.2 Å². The highest BCUT2D eigenvalue weighted by molar-refractivity contribution is 6.39. The number of ketones is 1. The van der Waals surface area contributed by atoms with Crippen LogP contribution in [0.25, 0.3) is 11.3 Å². The van der Waals surface area contributed by atoms with Crippen LogP contribution < -0.4 is 0 Å². The molecule has 2 saturated carbocycles. The maximum absolute atomic E-state index is 14.8. The summed E-state index contributed by atoms with van der Waals surface area (Å²) in [7, 11) is 0. The van der Waals surface area contributed by atoms with E-state index >= 15 is 0 Å². The van der Waals surface area contributed by atoms with Gasteiger partial charge in [0, 0.05) is 17.4 Å². The van der Waals surface area contributed by atoms with Gasteiger partial charge in [-0.15, -0.1) is 0 Å². The van der Waals surface area contributed by atoms with Gasteiger partial charge in [-0.05, 0) is 51.7 Å². The first-order valence-corrected chi connectivity index (χ1v) is 10.3. The standard InChI is InChI=1S/C21H22Cl2FNO3/c1-21(2,24)20-14(10-27-13-8-11-6-7-12(9-13)19(11)26)18(25-28-20)17-15(22)4-3-5-16(17)23/h3-5,11-13H,6-10H2,1-2H3/t11-,12+,13-. The lowest BCUT2D eigenvalue weighted by atomic mass is 9.86. The Morgan fingerprint density at radius 2 is 1.82 bits per heavy atom. The minimum absolute atomic E-state index is 0.0322. The number of benzene rings is 1. The highest BCUT2D eigenvalue weighted by atomic mass is 35.5. The molecule has 0 unspecified atom stereocenters. The topological polar surface area (TPSA) is 52.3 Å². The summed E-state index contributed by atoms with van der Waals surface area (Å²) in [6.45, 7) is 2.95. The Bertz CT molecular complexity index is 869. The van der Waals surface area contributed by atoms with Crippen molar-refractivity contribution < 1.29 is 18.4 Å². The van der Waals surface area contributed by atoms with Gasteiger partial charge >= 0.3 is 0 Å². The summed E-state index contributed by atoms with van der Waals surface area (Å²) in [6.07, 6.45) is 3.30. The molecule has 7 heteroatoms. The average Bonchev–Trinajstić information content (AvgIpc) is 3.10. The van der Waals surface area contributed by atoms with Crippen LogP contribution in [0, 0.1) is 11.8 Å². The largest absolute Gasteiger partial charge is 0.373 e. The number of alkyl halides is 1. The smallest absolute Gasteiger partial charge is 0.179 e. The van der Waals surface area contributed by atoms with E-state index in [0.717, 1.165) is 25.7 Å². The molecule has 0 saturated heterocycles. The molecular weight excluding hydrogens is 404 g/mol. The van der Waals surface area contributed by atoms with Gasteiger partial charge in [0.2, 0.25) is 0 Å². The quantitative estimate of drug-likeness (QED) is 0.578. The summed E-state index contributed by atoms with van der Waals surface area (Å²) in [4.78, 5) is 12.1. The lowest BCUT2D eigenvalue weighted by Crippen LogP contribution is -2.31. The zero-order valence-corrected chi connectivity index (χ0v) is 17.3. The molecule has 0 radical (unpaired) electrons. The van der Waals surface area contributed by atoms with Crippen molar-refractivity contribution in [3.63, 3.8) is 0 Å². The van der Waals surface area contributed by atoms with Crippen LogP contribution in [0.1, 0.15) is 50.9 Å². The molecule has 28 heavy (non-hydrogen) atoms. The third kappa shape index (κ3) is 3.60. The third-order valence-corrected chi connectivity index (χ3v) is 6.38. The van der Waals surface area contributed by atoms with Crippen molar-refractivity contribution in [1.82, 2.24) is 5.16 Å². The summed E-state index contributed by atoms with van der Waals surface area (Å²) < 4.78 is 26.3. The first-order chi connectivity index (χ1) is 13.3. The van der Waals surface area contributed by atoms with Crippen molar-refractivity contribution in [3.8, 4) is 11.3 Å². The molecule has 2 aromatic rings. The fourth-order valence-corrected chi connectivity index (χ4v) is 4.96. The predicted molar refractivity (Wildman–Crippen MR) is 105 cm³/mol. The second kappa shape index (κ2) is 7.43. The summed E-state index contributed by atoms with van der Waals surface area (Å²) in [5, 5.41) is 4.89. The number of hydrogen-bond acceptors (Lipinski definition) is 4. The van der Waals surface area contributed by atoms with Crippen molar-refractivity contribution >= 4 is 29.0 Å². The van der Waals surface area contributed by atoms with Crippen molar-refractivity contribution in [2.24, 2.45) is 11.8 Å². The van der Waals surface area contributed by atoms with Crippen LogP contribution in [0.2, 0.25) is 10.0 Å².